The van der Waals surface area contributed by atoms with Crippen LogP contribution in [0.2, 0.25) is 0 Å². The van der Waals surface area contributed by atoms with Gasteiger partial charge in [-0.3, -0.25) is 9.78 Å². The number of benzene rings is 1. The molecular weight excluding hydrogens is 370 g/mol. The molecule has 1 aromatic carbocycles. The molecule has 0 saturated heterocycles. The van der Waals surface area contributed by atoms with Crippen molar-refractivity contribution in [3.8, 4) is 16.4 Å². The van der Waals surface area contributed by atoms with Crippen LogP contribution in [0.4, 0.5) is 5.69 Å². The molecule has 4 aromatic rings. The highest BCUT2D eigenvalue weighted by Gasteiger charge is 2.18. The minimum Gasteiger partial charge on any atom is -0.319 e. The number of carbonyl (C=O) groups is 1. The molecule has 140 valence electrons. The maximum Gasteiger partial charge on any atom is 0.267 e. The predicted octanol–water partition coefficient (Wildman–Crippen LogP) is 4.57. The maximum atomic E-state index is 13.0. The Hall–Kier alpha value is -3.32. The first-order chi connectivity index (χ1) is 13.5. The summed E-state index contributed by atoms with van der Waals surface area (Å²) < 4.78 is 1.84. The molecule has 0 spiro atoms. The van der Waals surface area contributed by atoms with Crippen molar-refractivity contribution in [1.29, 1.82) is 0 Å². The summed E-state index contributed by atoms with van der Waals surface area (Å²) in [5.41, 5.74) is 4.91. The Kier molecular flexibility index (Phi) is 4.75. The topological polar surface area (TPSA) is 72.7 Å². The lowest BCUT2D eigenvalue weighted by molar-refractivity contribution is 0.103. The van der Waals surface area contributed by atoms with Gasteiger partial charge in [0.15, 0.2) is 0 Å². The molecule has 1 amide bonds. The summed E-state index contributed by atoms with van der Waals surface area (Å²) in [4.78, 5) is 22.4. The van der Waals surface area contributed by atoms with E-state index in [1.54, 1.807) is 6.20 Å². The van der Waals surface area contributed by atoms with E-state index < -0.39 is 0 Å². The van der Waals surface area contributed by atoms with Crippen LogP contribution in [-0.2, 0) is 0 Å². The van der Waals surface area contributed by atoms with Crippen molar-refractivity contribution in [2.75, 3.05) is 5.32 Å². The average molecular weight is 389 g/mol. The van der Waals surface area contributed by atoms with Crippen LogP contribution < -0.4 is 5.32 Å². The lowest BCUT2D eigenvalue weighted by atomic mass is 10.2. The Morgan fingerprint density at radius 3 is 2.57 bits per heavy atom. The van der Waals surface area contributed by atoms with E-state index in [0.717, 1.165) is 27.8 Å². The van der Waals surface area contributed by atoms with Gasteiger partial charge in [0.25, 0.3) is 5.91 Å². The lowest BCUT2D eigenvalue weighted by Gasteiger charge is -2.12. The number of aromatic nitrogens is 4. The number of thiazole rings is 1. The van der Waals surface area contributed by atoms with E-state index in [2.05, 4.69) is 20.4 Å². The molecule has 0 atom stereocenters. The minimum absolute atomic E-state index is 0.189. The number of hydrogen-bond acceptors (Lipinski definition) is 5. The molecule has 0 aliphatic rings. The largest absolute Gasteiger partial charge is 0.319 e. The van der Waals surface area contributed by atoms with Gasteiger partial charge in [-0.05, 0) is 51.1 Å². The van der Waals surface area contributed by atoms with Gasteiger partial charge in [-0.2, -0.15) is 5.10 Å². The standard InChI is InChI=1S/C21H19N5OS/c1-13-12-14(2)26(25-13)18-10-5-4-8-16(18)24-20(27)19-15(3)23-21(28-19)17-9-6-7-11-22-17/h4-12H,1-3H3,(H,24,27). The quantitative estimate of drug-likeness (QED) is 0.555. The molecule has 6 nitrogen and oxygen atoms in total. The number of nitrogens with zero attached hydrogens (tertiary/aromatic N) is 4. The summed E-state index contributed by atoms with van der Waals surface area (Å²) in [7, 11) is 0. The van der Waals surface area contributed by atoms with Crippen molar-refractivity contribution in [3.63, 3.8) is 0 Å². The first-order valence-corrected chi connectivity index (χ1v) is 9.67. The van der Waals surface area contributed by atoms with Gasteiger partial charge in [-0.25, -0.2) is 9.67 Å². The van der Waals surface area contributed by atoms with Crippen LogP contribution in [0.3, 0.4) is 0 Å². The normalized spacial score (nSPS) is 10.8. The Morgan fingerprint density at radius 1 is 1.07 bits per heavy atom. The Balaban J connectivity index is 1.65. The Bertz CT molecular complexity index is 1150. The van der Waals surface area contributed by atoms with Crippen LogP contribution in [-0.4, -0.2) is 25.7 Å². The summed E-state index contributed by atoms with van der Waals surface area (Å²) >= 11 is 1.34. The number of aryl methyl sites for hydroxylation is 3. The zero-order valence-electron chi connectivity index (χ0n) is 15.8. The second-order valence-electron chi connectivity index (χ2n) is 6.46. The predicted molar refractivity (Wildman–Crippen MR) is 111 cm³/mol. The number of hydrogen-bond donors (Lipinski definition) is 1. The van der Waals surface area contributed by atoms with Crippen molar-refractivity contribution in [2.24, 2.45) is 0 Å². The molecule has 0 fully saturated rings. The number of carbonyl (C=O) groups excluding carboxylic acids is 1. The second-order valence-corrected chi connectivity index (χ2v) is 7.46. The molecular formula is C21H19N5OS. The van der Waals surface area contributed by atoms with E-state index in [9.17, 15) is 4.79 Å². The van der Waals surface area contributed by atoms with Gasteiger partial charge in [0.2, 0.25) is 0 Å². The highest BCUT2D eigenvalue weighted by molar-refractivity contribution is 7.17. The molecule has 7 heteroatoms. The third kappa shape index (κ3) is 3.44. The molecule has 28 heavy (non-hydrogen) atoms. The smallest absolute Gasteiger partial charge is 0.267 e. The average Bonchev–Trinajstić information content (AvgIpc) is 3.24. The van der Waals surface area contributed by atoms with Gasteiger partial charge in [0.05, 0.1) is 28.5 Å². The summed E-state index contributed by atoms with van der Waals surface area (Å²) in [6.07, 6.45) is 1.72. The van der Waals surface area contributed by atoms with Gasteiger partial charge in [0.1, 0.15) is 9.88 Å². The van der Waals surface area contributed by atoms with Crippen molar-refractivity contribution < 1.29 is 4.79 Å². The number of amides is 1. The Labute approximate surface area is 166 Å². The minimum atomic E-state index is -0.189. The number of pyridine rings is 1. The van der Waals surface area contributed by atoms with E-state index >= 15 is 0 Å². The van der Waals surface area contributed by atoms with Crippen LogP contribution in [0.5, 0.6) is 0 Å². The fourth-order valence-electron chi connectivity index (χ4n) is 3.02. The molecule has 1 N–H and O–H groups in total. The van der Waals surface area contributed by atoms with E-state index in [1.807, 2.05) is 74.0 Å². The van der Waals surface area contributed by atoms with Crippen molar-refractivity contribution in [2.45, 2.75) is 20.8 Å². The second kappa shape index (κ2) is 7.36. The molecule has 0 saturated carbocycles. The zero-order chi connectivity index (χ0) is 19.7. The van der Waals surface area contributed by atoms with Crippen molar-refractivity contribution in [3.05, 3.63) is 76.7 Å². The SMILES string of the molecule is Cc1cc(C)n(-c2ccccc2NC(=O)c2sc(-c3ccccn3)nc2C)n1. The molecule has 0 aliphatic heterocycles. The molecule has 0 unspecified atom stereocenters. The molecule has 3 heterocycles. The van der Waals surface area contributed by atoms with Crippen LogP contribution >= 0.6 is 11.3 Å². The van der Waals surface area contributed by atoms with E-state index in [0.29, 0.717) is 16.3 Å². The zero-order valence-corrected chi connectivity index (χ0v) is 16.6. The fraction of sp³-hybridized carbons (Fsp3) is 0.143. The van der Waals surface area contributed by atoms with Crippen LogP contribution in [0.15, 0.2) is 54.7 Å². The van der Waals surface area contributed by atoms with Crippen LogP contribution in [0.25, 0.3) is 16.4 Å². The van der Waals surface area contributed by atoms with Gasteiger partial charge >= 0.3 is 0 Å². The molecule has 3 aromatic heterocycles. The Morgan fingerprint density at radius 2 is 1.86 bits per heavy atom. The molecule has 0 bridgehead atoms. The van der Waals surface area contributed by atoms with E-state index in [1.165, 1.54) is 11.3 Å². The monoisotopic (exact) mass is 389 g/mol. The third-order valence-corrected chi connectivity index (χ3v) is 5.46. The van der Waals surface area contributed by atoms with Gasteiger partial charge in [-0.1, -0.05) is 18.2 Å². The maximum absolute atomic E-state index is 13.0. The summed E-state index contributed by atoms with van der Waals surface area (Å²) in [6, 6.07) is 15.3. The number of nitrogens with one attached hydrogen (secondary N) is 1. The van der Waals surface area contributed by atoms with Gasteiger partial charge in [0, 0.05) is 11.9 Å². The fourth-order valence-corrected chi connectivity index (χ4v) is 3.96. The summed E-state index contributed by atoms with van der Waals surface area (Å²) in [6.45, 7) is 5.78. The summed E-state index contributed by atoms with van der Waals surface area (Å²) in [5.74, 6) is -0.189. The number of para-hydroxylation sites is 2. The van der Waals surface area contributed by atoms with Crippen molar-refractivity contribution in [1.82, 2.24) is 19.7 Å². The molecule has 4 rings (SSSR count). The highest BCUT2D eigenvalue weighted by Crippen LogP contribution is 2.28. The lowest BCUT2D eigenvalue weighted by Crippen LogP contribution is -2.14. The number of anilines is 1. The number of rotatable bonds is 4. The molecule has 0 aliphatic carbocycles. The van der Waals surface area contributed by atoms with Gasteiger partial charge < -0.3 is 5.32 Å². The first kappa shape index (κ1) is 18.1. The highest BCUT2D eigenvalue weighted by atomic mass is 32.1. The first-order valence-electron chi connectivity index (χ1n) is 8.86. The van der Waals surface area contributed by atoms with Crippen molar-refractivity contribution >= 4 is 22.9 Å². The summed E-state index contributed by atoms with van der Waals surface area (Å²) in [5, 5.41) is 8.28. The van der Waals surface area contributed by atoms with Crippen LogP contribution in [0.1, 0.15) is 26.8 Å². The van der Waals surface area contributed by atoms with E-state index in [4.69, 9.17) is 0 Å². The third-order valence-electron chi connectivity index (χ3n) is 4.28. The van der Waals surface area contributed by atoms with Gasteiger partial charge in [-0.15, -0.1) is 11.3 Å². The van der Waals surface area contributed by atoms with Crippen LogP contribution in [0, 0.1) is 20.8 Å². The molecule has 0 radical (unpaired) electrons. The van der Waals surface area contributed by atoms with E-state index in [-0.39, 0.29) is 5.91 Å².